The molecule has 0 atom stereocenters. The standard InChI is InChI=1S/C16H14N4O3S/c1-20-9-5-8-12(20)14(22)17-13(21)10-24-16-19-18-15(23-16)11-6-3-2-4-7-11/h2-9H,10H2,1H3,(H,17,21,22). The maximum Gasteiger partial charge on any atom is 0.277 e. The topological polar surface area (TPSA) is 90.0 Å². The first-order chi connectivity index (χ1) is 11.6. The van der Waals surface area contributed by atoms with Gasteiger partial charge in [-0.25, -0.2) is 0 Å². The van der Waals surface area contributed by atoms with Crippen molar-refractivity contribution in [3.63, 3.8) is 0 Å². The van der Waals surface area contributed by atoms with Crippen molar-refractivity contribution in [2.45, 2.75) is 5.22 Å². The predicted molar refractivity (Wildman–Crippen MR) is 88.3 cm³/mol. The average molecular weight is 342 g/mol. The second-order valence-electron chi connectivity index (χ2n) is 4.91. The molecule has 1 aromatic carbocycles. The monoisotopic (exact) mass is 342 g/mol. The number of amides is 2. The molecule has 1 N–H and O–H groups in total. The van der Waals surface area contributed by atoms with Crippen LogP contribution < -0.4 is 5.32 Å². The number of carbonyl (C=O) groups is 2. The van der Waals surface area contributed by atoms with Gasteiger partial charge in [0.25, 0.3) is 11.1 Å². The Morgan fingerprint density at radius 1 is 1.17 bits per heavy atom. The maximum atomic E-state index is 11.9. The lowest BCUT2D eigenvalue weighted by Crippen LogP contribution is -2.32. The van der Waals surface area contributed by atoms with E-state index in [0.29, 0.717) is 11.6 Å². The maximum absolute atomic E-state index is 11.9. The van der Waals surface area contributed by atoms with Crippen LogP contribution in [0.4, 0.5) is 0 Å². The third kappa shape index (κ3) is 3.72. The zero-order valence-corrected chi connectivity index (χ0v) is 13.6. The number of aryl methyl sites for hydroxylation is 1. The van der Waals surface area contributed by atoms with Crippen LogP contribution in [0, 0.1) is 0 Å². The molecule has 24 heavy (non-hydrogen) atoms. The fourth-order valence-corrected chi connectivity index (χ4v) is 2.58. The summed E-state index contributed by atoms with van der Waals surface area (Å²) in [4.78, 5) is 23.8. The summed E-state index contributed by atoms with van der Waals surface area (Å²) in [6.07, 6.45) is 1.73. The Morgan fingerprint density at radius 3 is 2.67 bits per heavy atom. The molecule has 0 spiro atoms. The van der Waals surface area contributed by atoms with Crippen LogP contribution in [0.1, 0.15) is 10.5 Å². The van der Waals surface area contributed by atoms with Gasteiger partial charge in [0, 0.05) is 18.8 Å². The second kappa shape index (κ2) is 7.14. The molecule has 0 aliphatic heterocycles. The summed E-state index contributed by atoms with van der Waals surface area (Å²) >= 11 is 1.08. The number of aromatic nitrogens is 3. The predicted octanol–water partition coefficient (Wildman–Crippen LogP) is 2.12. The van der Waals surface area contributed by atoms with Gasteiger partial charge in [-0.1, -0.05) is 30.0 Å². The van der Waals surface area contributed by atoms with Crippen molar-refractivity contribution in [2.24, 2.45) is 7.05 Å². The number of thioether (sulfide) groups is 1. The Bertz CT molecular complexity index is 857. The summed E-state index contributed by atoms with van der Waals surface area (Å²) in [7, 11) is 1.73. The molecule has 3 aromatic rings. The van der Waals surface area contributed by atoms with E-state index in [-0.39, 0.29) is 11.0 Å². The first-order valence-electron chi connectivity index (χ1n) is 7.11. The lowest BCUT2D eigenvalue weighted by Gasteiger charge is -2.03. The van der Waals surface area contributed by atoms with E-state index in [0.717, 1.165) is 17.3 Å². The van der Waals surface area contributed by atoms with Gasteiger partial charge in [-0.15, -0.1) is 10.2 Å². The minimum Gasteiger partial charge on any atom is -0.411 e. The van der Waals surface area contributed by atoms with Gasteiger partial charge in [0.2, 0.25) is 11.8 Å². The fourth-order valence-electron chi connectivity index (χ4n) is 2.02. The third-order valence-corrected chi connectivity index (χ3v) is 4.00. The van der Waals surface area contributed by atoms with Crippen molar-refractivity contribution in [1.82, 2.24) is 20.1 Å². The summed E-state index contributed by atoms with van der Waals surface area (Å²) < 4.78 is 7.13. The Balaban J connectivity index is 1.54. The van der Waals surface area contributed by atoms with E-state index in [9.17, 15) is 9.59 Å². The molecule has 0 fully saturated rings. The van der Waals surface area contributed by atoms with Gasteiger partial charge in [0.05, 0.1) is 5.75 Å². The van der Waals surface area contributed by atoms with E-state index in [2.05, 4.69) is 15.5 Å². The Kier molecular flexibility index (Phi) is 4.76. The number of hydrogen-bond acceptors (Lipinski definition) is 6. The van der Waals surface area contributed by atoms with Crippen molar-refractivity contribution < 1.29 is 14.0 Å². The van der Waals surface area contributed by atoms with Gasteiger partial charge in [-0.05, 0) is 24.3 Å². The van der Waals surface area contributed by atoms with Crippen LogP contribution in [0.5, 0.6) is 0 Å². The van der Waals surface area contributed by atoms with Crippen molar-refractivity contribution in [1.29, 1.82) is 0 Å². The van der Waals surface area contributed by atoms with Gasteiger partial charge >= 0.3 is 0 Å². The number of nitrogens with zero attached hydrogens (tertiary/aromatic N) is 3. The molecule has 0 saturated carbocycles. The van der Waals surface area contributed by atoms with E-state index in [1.165, 1.54) is 0 Å². The average Bonchev–Trinajstić information content (AvgIpc) is 3.22. The highest BCUT2D eigenvalue weighted by molar-refractivity contribution is 7.99. The van der Waals surface area contributed by atoms with Gasteiger partial charge in [0.15, 0.2) is 0 Å². The molecule has 0 radical (unpaired) electrons. The number of nitrogens with one attached hydrogen (secondary N) is 1. The molecule has 8 heteroatoms. The highest BCUT2D eigenvalue weighted by atomic mass is 32.2. The van der Waals surface area contributed by atoms with E-state index in [4.69, 9.17) is 4.42 Å². The number of hydrogen-bond donors (Lipinski definition) is 1. The summed E-state index contributed by atoms with van der Waals surface area (Å²) in [5.41, 5.74) is 1.22. The molecule has 2 amide bonds. The largest absolute Gasteiger partial charge is 0.411 e. The van der Waals surface area contributed by atoms with Gasteiger partial charge in [0.1, 0.15) is 5.69 Å². The first-order valence-corrected chi connectivity index (χ1v) is 8.09. The number of carbonyl (C=O) groups excluding carboxylic acids is 2. The van der Waals surface area contributed by atoms with Crippen molar-refractivity contribution >= 4 is 23.6 Å². The quantitative estimate of drug-likeness (QED) is 0.714. The zero-order valence-electron chi connectivity index (χ0n) is 12.8. The minimum absolute atomic E-state index is 0.00653. The Morgan fingerprint density at radius 2 is 1.96 bits per heavy atom. The van der Waals surface area contributed by atoms with E-state index in [1.54, 1.807) is 29.9 Å². The van der Waals surface area contributed by atoms with Crippen molar-refractivity contribution in [3.8, 4) is 11.5 Å². The van der Waals surface area contributed by atoms with Crippen molar-refractivity contribution in [2.75, 3.05) is 5.75 Å². The molecule has 122 valence electrons. The van der Waals surface area contributed by atoms with E-state index in [1.807, 2.05) is 30.3 Å². The summed E-state index contributed by atoms with van der Waals surface area (Å²) in [5, 5.41) is 10.4. The van der Waals surface area contributed by atoms with Crippen molar-refractivity contribution in [3.05, 3.63) is 54.4 Å². The van der Waals surface area contributed by atoms with Gasteiger partial charge in [-0.2, -0.15) is 0 Å². The molecule has 7 nitrogen and oxygen atoms in total. The molecule has 2 heterocycles. The minimum atomic E-state index is -0.441. The molecule has 2 aromatic heterocycles. The smallest absolute Gasteiger partial charge is 0.277 e. The van der Waals surface area contributed by atoms with Crippen LogP contribution in [0.15, 0.2) is 58.3 Å². The molecule has 0 bridgehead atoms. The van der Waals surface area contributed by atoms with Gasteiger partial charge in [-0.3, -0.25) is 14.9 Å². The highest BCUT2D eigenvalue weighted by Crippen LogP contribution is 2.22. The molecule has 0 aliphatic carbocycles. The highest BCUT2D eigenvalue weighted by Gasteiger charge is 2.15. The van der Waals surface area contributed by atoms with Crippen LogP contribution in [-0.2, 0) is 11.8 Å². The van der Waals surface area contributed by atoms with Crippen LogP contribution in [-0.4, -0.2) is 32.3 Å². The molecule has 0 saturated heterocycles. The second-order valence-corrected chi connectivity index (χ2v) is 5.84. The fraction of sp³-hybridized carbons (Fsp3) is 0.125. The lowest BCUT2D eigenvalue weighted by atomic mass is 10.2. The van der Waals surface area contributed by atoms with Crippen LogP contribution in [0.25, 0.3) is 11.5 Å². The first kappa shape index (κ1) is 16.0. The molecule has 0 unspecified atom stereocenters. The summed E-state index contributed by atoms with van der Waals surface area (Å²) in [6.45, 7) is 0. The molecule has 0 aliphatic rings. The Labute approximate surface area is 142 Å². The molecular weight excluding hydrogens is 328 g/mol. The van der Waals surface area contributed by atoms with Crippen LogP contribution >= 0.6 is 11.8 Å². The van der Waals surface area contributed by atoms with E-state index >= 15 is 0 Å². The van der Waals surface area contributed by atoms with E-state index < -0.39 is 11.8 Å². The lowest BCUT2D eigenvalue weighted by molar-refractivity contribution is -0.117. The summed E-state index contributed by atoms with van der Waals surface area (Å²) in [5.74, 6) is -0.472. The number of rotatable bonds is 5. The van der Waals surface area contributed by atoms with Crippen LogP contribution in [0.3, 0.4) is 0 Å². The third-order valence-electron chi connectivity index (χ3n) is 3.18. The Hall–Kier alpha value is -2.87. The summed E-state index contributed by atoms with van der Waals surface area (Å²) in [6, 6.07) is 12.7. The number of benzene rings is 1. The molecule has 3 rings (SSSR count). The SMILES string of the molecule is Cn1cccc1C(=O)NC(=O)CSc1nnc(-c2ccccc2)o1. The molecular formula is C16H14N4O3S. The van der Waals surface area contributed by atoms with Crippen LogP contribution in [0.2, 0.25) is 0 Å². The normalized spacial score (nSPS) is 10.5. The zero-order chi connectivity index (χ0) is 16.9. The van der Waals surface area contributed by atoms with Gasteiger partial charge < -0.3 is 8.98 Å². The number of imide groups is 1.